The first-order chi connectivity index (χ1) is 8.69. The molecule has 0 amide bonds. The van der Waals surface area contributed by atoms with Crippen molar-refractivity contribution < 1.29 is 14.6 Å². The zero-order valence-corrected chi connectivity index (χ0v) is 11.8. The molecule has 19 heavy (non-hydrogen) atoms. The number of pyridine rings is 1. The van der Waals surface area contributed by atoms with Crippen LogP contribution in [0.15, 0.2) is 18.3 Å². The van der Waals surface area contributed by atoms with Crippen molar-refractivity contribution in [2.24, 2.45) is 0 Å². The second kappa shape index (κ2) is 4.49. The molecule has 0 atom stereocenters. The van der Waals surface area contributed by atoms with Gasteiger partial charge in [-0.15, -0.1) is 0 Å². The number of aromatic carboxylic acids is 1. The Kier molecular flexibility index (Phi) is 3.26. The summed E-state index contributed by atoms with van der Waals surface area (Å²) in [5.41, 5.74) is 0.505. The van der Waals surface area contributed by atoms with E-state index in [1.54, 1.807) is 12.3 Å². The molecular formula is C14H20N2O3. The average Bonchev–Trinajstić information content (AvgIpc) is 2.25. The first-order valence-corrected chi connectivity index (χ1v) is 6.33. The lowest BCUT2D eigenvalue weighted by atomic mass is 9.98. The number of rotatable bonds is 2. The molecule has 0 unspecified atom stereocenters. The summed E-state index contributed by atoms with van der Waals surface area (Å²) >= 11 is 0. The highest BCUT2D eigenvalue weighted by Crippen LogP contribution is 2.31. The summed E-state index contributed by atoms with van der Waals surface area (Å²) in [6.07, 6.45) is 1.61. The van der Waals surface area contributed by atoms with Gasteiger partial charge < -0.3 is 14.7 Å². The van der Waals surface area contributed by atoms with Crippen molar-refractivity contribution in [2.45, 2.75) is 38.9 Å². The second-order valence-electron chi connectivity index (χ2n) is 6.18. The van der Waals surface area contributed by atoms with Gasteiger partial charge >= 0.3 is 5.97 Å². The quantitative estimate of drug-likeness (QED) is 0.887. The molecule has 1 fully saturated rings. The molecule has 1 aliphatic heterocycles. The Bertz CT molecular complexity index is 464. The molecule has 1 N–H and O–H groups in total. The van der Waals surface area contributed by atoms with Gasteiger partial charge in [0.2, 0.25) is 0 Å². The molecule has 0 saturated carbocycles. The minimum absolute atomic E-state index is 0.0653. The van der Waals surface area contributed by atoms with Gasteiger partial charge in [0.1, 0.15) is 5.69 Å². The van der Waals surface area contributed by atoms with E-state index in [1.165, 1.54) is 6.07 Å². The first-order valence-electron chi connectivity index (χ1n) is 6.33. The van der Waals surface area contributed by atoms with E-state index in [2.05, 4.69) is 37.6 Å². The van der Waals surface area contributed by atoms with Crippen LogP contribution in [0, 0.1) is 0 Å². The Labute approximate surface area is 113 Å². The largest absolute Gasteiger partial charge is 0.477 e. The first kappa shape index (κ1) is 13.8. The van der Waals surface area contributed by atoms with E-state index < -0.39 is 5.97 Å². The van der Waals surface area contributed by atoms with E-state index in [1.807, 2.05) is 0 Å². The third-order valence-corrected chi connectivity index (χ3v) is 3.03. The van der Waals surface area contributed by atoms with Crippen LogP contribution in [-0.4, -0.2) is 40.4 Å². The number of carboxylic acid groups (broad SMARTS) is 1. The highest BCUT2D eigenvalue weighted by Gasteiger charge is 2.38. The van der Waals surface area contributed by atoms with Gasteiger partial charge in [0.25, 0.3) is 0 Å². The molecule has 1 aromatic rings. The summed E-state index contributed by atoms with van der Waals surface area (Å²) in [6.45, 7) is 9.73. The predicted molar refractivity (Wildman–Crippen MR) is 72.7 cm³/mol. The van der Waals surface area contributed by atoms with Gasteiger partial charge in [0.15, 0.2) is 0 Å². The van der Waals surface area contributed by atoms with Crippen molar-refractivity contribution in [1.82, 2.24) is 4.98 Å². The molecule has 2 heterocycles. The molecule has 104 valence electrons. The van der Waals surface area contributed by atoms with Gasteiger partial charge in [-0.3, -0.25) is 0 Å². The summed E-state index contributed by atoms with van der Waals surface area (Å²) in [7, 11) is 0. The Morgan fingerprint density at radius 2 is 1.84 bits per heavy atom. The Morgan fingerprint density at radius 1 is 1.26 bits per heavy atom. The van der Waals surface area contributed by atoms with E-state index >= 15 is 0 Å². The summed E-state index contributed by atoms with van der Waals surface area (Å²) in [5.74, 6) is -1.01. The molecule has 2 rings (SSSR count). The molecule has 1 aromatic heterocycles. The van der Waals surface area contributed by atoms with Gasteiger partial charge in [-0.2, -0.15) is 0 Å². The van der Waals surface area contributed by atoms with E-state index in [4.69, 9.17) is 9.84 Å². The smallest absolute Gasteiger partial charge is 0.354 e. The molecule has 1 aliphatic rings. The fourth-order valence-electron chi connectivity index (χ4n) is 2.67. The number of carbonyl (C=O) groups is 1. The lowest BCUT2D eigenvalue weighted by molar-refractivity contribution is -0.133. The van der Waals surface area contributed by atoms with Gasteiger partial charge in [-0.25, -0.2) is 9.78 Å². The average molecular weight is 264 g/mol. The molecule has 5 nitrogen and oxygen atoms in total. The third kappa shape index (κ3) is 3.23. The highest BCUT2D eigenvalue weighted by molar-refractivity contribution is 5.85. The van der Waals surface area contributed by atoms with Crippen molar-refractivity contribution in [1.29, 1.82) is 0 Å². The molecule has 0 bridgehead atoms. The summed E-state index contributed by atoms with van der Waals surface area (Å²) < 4.78 is 6.02. The topological polar surface area (TPSA) is 62.7 Å². The van der Waals surface area contributed by atoms with Gasteiger partial charge in [0, 0.05) is 13.1 Å². The van der Waals surface area contributed by atoms with Crippen molar-refractivity contribution in [3.8, 4) is 0 Å². The summed E-state index contributed by atoms with van der Waals surface area (Å²) in [5, 5.41) is 8.86. The van der Waals surface area contributed by atoms with Crippen molar-refractivity contribution in [2.75, 3.05) is 18.0 Å². The Hall–Kier alpha value is -1.62. The van der Waals surface area contributed by atoms with Crippen LogP contribution < -0.4 is 4.90 Å². The second-order valence-corrected chi connectivity index (χ2v) is 6.18. The molecule has 0 aliphatic carbocycles. The number of aromatic nitrogens is 1. The maximum absolute atomic E-state index is 10.8. The fourth-order valence-corrected chi connectivity index (χ4v) is 2.67. The Balaban J connectivity index is 2.23. The van der Waals surface area contributed by atoms with Crippen molar-refractivity contribution in [3.63, 3.8) is 0 Å². The lowest BCUT2D eigenvalue weighted by Crippen LogP contribution is -2.57. The predicted octanol–water partition coefficient (Wildman–Crippen LogP) is 2.17. The normalized spacial score (nSPS) is 21.2. The zero-order chi connectivity index (χ0) is 14.3. The maximum atomic E-state index is 10.8. The summed E-state index contributed by atoms with van der Waals surface area (Å²) in [6, 6.07) is 3.33. The van der Waals surface area contributed by atoms with E-state index in [0.717, 1.165) is 18.8 Å². The van der Waals surface area contributed by atoms with Crippen LogP contribution in [0.1, 0.15) is 38.2 Å². The van der Waals surface area contributed by atoms with Crippen LogP contribution in [0.3, 0.4) is 0 Å². The van der Waals surface area contributed by atoms with E-state index in [0.29, 0.717) is 0 Å². The van der Waals surface area contributed by atoms with Crippen LogP contribution in [0.2, 0.25) is 0 Å². The van der Waals surface area contributed by atoms with E-state index in [9.17, 15) is 4.79 Å². The lowest BCUT2D eigenvalue weighted by Gasteiger charge is -2.48. The highest BCUT2D eigenvalue weighted by atomic mass is 16.5. The van der Waals surface area contributed by atoms with Crippen LogP contribution in [-0.2, 0) is 4.74 Å². The van der Waals surface area contributed by atoms with Crippen molar-refractivity contribution in [3.05, 3.63) is 24.0 Å². The fraction of sp³-hybridized carbons (Fsp3) is 0.571. The van der Waals surface area contributed by atoms with Gasteiger partial charge in [0.05, 0.1) is 23.1 Å². The number of carboxylic acids is 1. The molecule has 1 saturated heterocycles. The standard InChI is InChI=1S/C14H20N2O3/c1-13(2)8-16(9-14(3,4)19-13)10-5-6-11(12(17)18)15-7-10/h5-7H,8-9H2,1-4H3,(H,17,18). The molecule has 0 spiro atoms. The number of hydrogen-bond donors (Lipinski definition) is 1. The third-order valence-electron chi connectivity index (χ3n) is 3.03. The van der Waals surface area contributed by atoms with E-state index in [-0.39, 0.29) is 16.9 Å². The maximum Gasteiger partial charge on any atom is 0.354 e. The SMILES string of the molecule is CC1(C)CN(c2ccc(C(=O)O)nc2)CC(C)(C)O1. The number of hydrogen-bond acceptors (Lipinski definition) is 4. The van der Waals surface area contributed by atoms with Crippen LogP contribution in [0.4, 0.5) is 5.69 Å². The van der Waals surface area contributed by atoms with Gasteiger partial charge in [-0.05, 0) is 39.8 Å². The minimum atomic E-state index is -1.01. The summed E-state index contributed by atoms with van der Waals surface area (Å²) in [4.78, 5) is 16.9. The number of morpholine rings is 1. The van der Waals surface area contributed by atoms with Crippen LogP contribution >= 0.6 is 0 Å². The van der Waals surface area contributed by atoms with Gasteiger partial charge in [-0.1, -0.05) is 0 Å². The number of anilines is 1. The van der Waals surface area contributed by atoms with Crippen LogP contribution in [0.25, 0.3) is 0 Å². The minimum Gasteiger partial charge on any atom is -0.477 e. The van der Waals surface area contributed by atoms with Crippen LogP contribution in [0.5, 0.6) is 0 Å². The molecule has 5 heteroatoms. The van der Waals surface area contributed by atoms with Crippen molar-refractivity contribution >= 4 is 11.7 Å². The zero-order valence-electron chi connectivity index (χ0n) is 11.8. The Morgan fingerprint density at radius 3 is 2.26 bits per heavy atom. The molecule has 0 aromatic carbocycles. The molecule has 0 radical (unpaired) electrons. The number of nitrogens with zero attached hydrogens (tertiary/aromatic N) is 2. The number of ether oxygens (including phenoxy) is 1. The monoisotopic (exact) mass is 264 g/mol. The molecular weight excluding hydrogens is 244 g/mol.